The Labute approximate surface area is 164 Å². The number of hydrogen-bond donors (Lipinski definition) is 1. The molecule has 3 atom stereocenters. The van der Waals surface area contributed by atoms with Crippen molar-refractivity contribution in [2.45, 2.75) is 59.2 Å². The molecule has 0 bridgehead atoms. The molecule has 0 aliphatic carbocycles. The van der Waals surface area contributed by atoms with Gasteiger partial charge in [0.05, 0.1) is 12.1 Å². The first kappa shape index (κ1) is 21.3. The Hall–Kier alpha value is -2.05. The highest BCUT2D eigenvalue weighted by molar-refractivity contribution is 6.31. The number of rotatable bonds is 6. The zero-order valence-electron chi connectivity index (χ0n) is 16.4. The summed E-state index contributed by atoms with van der Waals surface area (Å²) in [6.45, 7) is 9.04. The summed E-state index contributed by atoms with van der Waals surface area (Å²) in [4.78, 5) is 26.7. The Morgan fingerprint density at radius 2 is 1.89 bits per heavy atom. The van der Waals surface area contributed by atoms with E-state index < -0.39 is 24.1 Å². The van der Waals surface area contributed by atoms with Crippen LogP contribution in [0.2, 0.25) is 5.02 Å². The highest BCUT2D eigenvalue weighted by Crippen LogP contribution is 2.30. The van der Waals surface area contributed by atoms with Crippen LogP contribution in [0.1, 0.15) is 52.8 Å². The van der Waals surface area contributed by atoms with Crippen molar-refractivity contribution in [3.05, 3.63) is 35.0 Å². The Morgan fingerprint density at radius 1 is 1.22 bits per heavy atom. The largest absolute Gasteiger partial charge is 0.459 e. The van der Waals surface area contributed by atoms with E-state index in [-0.39, 0.29) is 12.0 Å². The highest BCUT2D eigenvalue weighted by atomic mass is 35.5. The summed E-state index contributed by atoms with van der Waals surface area (Å²) >= 11 is 6.02. The van der Waals surface area contributed by atoms with Crippen LogP contribution < -0.4 is 5.73 Å². The molecule has 0 saturated carbocycles. The molecule has 2 unspecified atom stereocenters. The number of hydrogen-bond acceptors (Lipinski definition) is 5. The summed E-state index contributed by atoms with van der Waals surface area (Å²) in [5, 5.41) is 1.37. The number of halogens is 1. The van der Waals surface area contributed by atoms with Crippen molar-refractivity contribution >= 4 is 34.6 Å². The first-order valence-corrected chi connectivity index (χ1v) is 9.51. The van der Waals surface area contributed by atoms with Crippen molar-refractivity contribution in [3.8, 4) is 0 Å². The van der Waals surface area contributed by atoms with E-state index in [1.807, 2.05) is 20.8 Å². The average Bonchev–Trinajstić information content (AvgIpc) is 3.03. The van der Waals surface area contributed by atoms with Crippen LogP contribution in [0.4, 0.5) is 4.79 Å². The van der Waals surface area contributed by atoms with Gasteiger partial charge in [0.1, 0.15) is 17.4 Å². The van der Waals surface area contributed by atoms with Gasteiger partial charge in [0, 0.05) is 10.4 Å². The van der Waals surface area contributed by atoms with Crippen LogP contribution in [0.25, 0.3) is 11.0 Å². The van der Waals surface area contributed by atoms with Crippen molar-refractivity contribution in [2.75, 3.05) is 0 Å². The highest BCUT2D eigenvalue weighted by Gasteiger charge is 2.36. The molecule has 1 heterocycles. The van der Waals surface area contributed by atoms with Gasteiger partial charge in [-0.05, 0) is 50.5 Å². The number of ether oxygens (including phenoxy) is 1. The number of fused-ring (bicyclic) bond motifs is 1. The van der Waals surface area contributed by atoms with E-state index in [1.54, 1.807) is 38.1 Å². The lowest BCUT2D eigenvalue weighted by molar-refractivity contribution is -0.134. The van der Waals surface area contributed by atoms with Gasteiger partial charge >= 0.3 is 6.09 Å². The van der Waals surface area contributed by atoms with Gasteiger partial charge in [-0.3, -0.25) is 4.79 Å². The third kappa shape index (κ3) is 4.82. The molecule has 2 N–H and O–H groups in total. The van der Waals surface area contributed by atoms with E-state index in [2.05, 4.69) is 0 Å². The van der Waals surface area contributed by atoms with Crippen molar-refractivity contribution in [1.29, 1.82) is 0 Å². The Balaban J connectivity index is 2.40. The smallest absolute Gasteiger partial charge is 0.417 e. The molecule has 0 fully saturated rings. The number of carbonyl (C=O) groups is 2. The standard InChI is InChI=1S/C20H27ClN2O4/c1-6-12(4)26-20(25)23(19(24)18(22)11(2)3)13(5)17-10-14-9-15(21)7-8-16(14)27-17/h7-13,18H,6,22H2,1-5H3/t12?,13?,18-/m0/s1. The molecular weight excluding hydrogens is 368 g/mol. The third-order valence-electron chi connectivity index (χ3n) is 4.61. The average molecular weight is 395 g/mol. The lowest BCUT2D eigenvalue weighted by Gasteiger charge is -2.30. The minimum atomic E-state index is -0.823. The zero-order valence-corrected chi connectivity index (χ0v) is 17.1. The maximum atomic E-state index is 12.9. The lowest BCUT2D eigenvalue weighted by Crippen LogP contribution is -2.50. The number of imide groups is 1. The first-order valence-electron chi connectivity index (χ1n) is 9.13. The monoisotopic (exact) mass is 394 g/mol. The second-order valence-electron chi connectivity index (χ2n) is 7.09. The molecule has 1 aromatic heterocycles. The molecule has 0 saturated heterocycles. The van der Waals surface area contributed by atoms with Crippen LogP contribution in [0.3, 0.4) is 0 Å². The fraction of sp³-hybridized carbons (Fsp3) is 0.500. The van der Waals surface area contributed by atoms with Crippen molar-refractivity contribution in [1.82, 2.24) is 4.90 Å². The molecule has 0 aliphatic heterocycles. The van der Waals surface area contributed by atoms with Crippen LogP contribution >= 0.6 is 11.6 Å². The number of amides is 2. The number of benzene rings is 1. The predicted octanol–water partition coefficient (Wildman–Crippen LogP) is 4.89. The molecule has 2 rings (SSSR count). The summed E-state index contributed by atoms with van der Waals surface area (Å²) in [7, 11) is 0. The molecule has 0 radical (unpaired) electrons. The summed E-state index contributed by atoms with van der Waals surface area (Å²) in [5.41, 5.74) is 6.65. The Bertz CT molecular complexity index is 817. The minimum Gasteiger partial charge on any atom is -0.459 e. The fourth-order valence-corrected chi connectivity index (χ4v) is 2.75. The fourth-order valence-electron chi connectivity index (χ4n) is 2.56. The molecule has 6 nitrogen and oxygen atoms in total. The Kier molecular flexibility index (Phi) is 6.89. The van der Waals surface area contributed by atoms with Crippen molar-refractivity contribution in [3.63, 3.8) is 0 Å². The number of nitrogens with zero attached hydrogens (tertiary/aromatic N) is 1. The summed E-state index contributed by atoms with van der Waals surface area (Å²) in [6.07, 6.45) is -0.400. The SMILES string of the molecule is CCC(C)OC(=O)N(C(=O)[C@@H](N)C(C)C)C(C)c1cc2cc(Cl)ccc2o1. The molecule has 0 aliphatic rings. The summed E-state index contributed by atoms with van der Waals surface area (Å²) in [6, 6.07) is 5.50. The van der Waals surface area contributed by atoms with Gasteiger partial charge in [-0.15, -0.1) is 0 Å². The molecule has 1 aromatic carbocycles. The molecule has 2 amide bonds. The summed E-state index contributed by atoms with van der Waals surface area (Å²) in [5.74, 6) is -0.167. The van der Waals surface area contributed by atoms with Gasteiger partial charge in [0.2, 0.25) is 5.91 Å². The lowest BCUT2D eigenvalue weighted by atomic mass is 10.0. The predicted molar refractivity (Wildman–Crippen MR) is 106 cm³/mol. The van der Waals surface area contributed by atoms with Gasteiger partial charge in [0.15, 0.2) is 0 Å². The number of nitrogens with two attached hydrogens (primary N) is 1. The van der Waals surface area contributed by atoms with Gasteiger partial charge in [-0.2, -0.15) is 0 Å². The van der Waals surface area contributed by atoms with Crippen molar-refractivity contribution < 1.29 is 18.7 Å². The van der Waals surface area contributed by atoms with E-state index in [4.69, 9.17) is 26.5 Å². The molecule has 2 aromatic rings. The van der Waals surface area contributed by atoms with E-state index >= 15 is 0 Å². The third-order valence-corrected chi connectivity index (χ3v) is 4.85. The molecule has 148 valence electrons. The number of furan rings is 1. The maximum Gasteiger partial charge on any atom is 0.417 e. The minimum absolute atomic E-state index is 0.127. The van der Waals surface area contributed by atoms with Crippen LogP contribution in [-0.4, -0.2) is 29.0 Å². The van der Waals surface area contributed by atoms with Crippen LogP contribution in [0, 0.1) is 5.92 Å². The second-order valence-corrected chi connectivity index (χ2v) is 7.52. The van der Waals surface area contributed by atoms with E-state index in [1.165, 1.54) is 0 Å². The molecular formula is C20H27ClN2O4. The van der Waals surface area contributed by atoms with Gasteiger partial charge in [0.25, 0.3) is 0 Å². The van der Waals surface area contributed by atoms with Gasteiger partial charge in [-0.1, -0.05) is 32.4 Å². The summed E-state index contributed by atoms with van der Waals surface area (Å²) < 4.78 is 11.2. The van der Waals surface area contributed by atoms with E-state index in [0.717, 1.165) is 10.3 Å². The quantitative estimate of drug-likeness (QED) is 0.753. The molecule has 7 heteroatoms. The van der Waals surface area contributed by atoms with Gasteiger partial charge in [-0.25, -0.2) is 9.69 Å². The molecule has 0 spiro atoms. The van der Waals surface area contributed by atoms with Crippen LogP contribution in [0.15, 0.2) is 28.7 Å². The van der Waals surface area contributed by atoms with Crippen LogP contribution in [0.5, 0.6) is 0 Å². The Morgan fingerprint density at radius 3 is 2.48 bits per heavy atom. The molecule has 27 heavy (non-hydrogen) atoms. The topological polar surface area (TPSA) is 85.8 Å². The van der Waals surface area contributed by atoms with Gasteiger partial charge < -0.3 is 14.9 Å². The first-order chi connectivity index (χ1) is 12.6. The van der Waals surface area contributed by atoms with E-state index in [9.17, 15) is 9.59 Å². The van der Waals surface area contributed by atoms with E-state index in [0.29, 0.717) is 22.8 Å². The second kappa shape index (κ2) is 8.76. The zero-order chi connectivity index (χ0) is 20.3. The normalized spacial score (nSPS) is 14.8. The maximum absolute atomic E-state index is 12.9. The number of carbonyl (C=O) groups excluding carboxylic acids is 2. The van der Waals surface area contributed by atoms with Crippen molar-refractivity contribution in [2.24, 2.45) is 11.7 Å². The van der Waals surface area contributed by atoms with Crippen LogP contribution in [-0.2, 0) is 9.53 Å².